The number of benzene rings is 1. The van der Waals surface area contributed by atoms with Crippen molar-refractivity contribution in [2.45, 2.75) is 12.3 Å². The van der Waals surface area contributed by atoms with Gasteiger partial charge in [-0.1, -0.05) is 23.7 Å². The minimum Gasteiger partial charge on any atom is -0.265 e. The van der Waals surface area contributed by atoms with E-state index in [0.717, 1.165) is 5.56 Å². The SMILES string of the molecule is O=S(=O)(Cc1ccc(Cl)cc1)NCc1ccncc1. The quantitative estimate of drug-likeness (QED) is 0.921. The first-order valence-corrected chi connectivity index (χ1v) is 7.69. The lowest BCUT2D eigenvalue weighted by Crippen LogP contribution is -2.24. The van der Waals surface area contributed by atoms with E-state index < -0.39 is 10.0 Å². The summed E-state index contributed by atoms with van der Waals surface area (Å²) >= 11 is 5.75. The molecule has 0 fully saturated rings. The third-order valence-electron chi connectivity index (χ3n) is 2.52. The molecule has 0 spiro atoms. The normalized spacial score (nSPS) is 11.4. The highest BCUT2D eigenvalue weighted by molar-refractivity contribution is 7.88. The second-order valence-electron chi connectivity index (χ2n) is 4.06. The second-order valence-corrected chi connectivity index (χ2v) is 6.31. The van der Waals surface area contributed by atoms with Crippen molar-refractivity contribution in [3.63, 3.8) is 0 Å². The number of pyridine rings is 1. The summed E-state index contributed by atoms with van der Waals surface area (Å²) in [7, 11) is -3.36. The van der Waals surface area contributed by atoms with Gasteiger partial charge >= 0.3 is 0 Å². The Morgan fingerprint density at radius 3 is 2.26 bits per heavy atom. The maximum Gasteiger partial charge on any atom is 0.216 e. The van der Waals surface area contributed by atoms with E-state index >= 15 is 0 Å². The minimum atomic E-state index is -3.36. The van der Waals surface area contributed by atoms with Gasteiger partial charge in [-0.25, -0.2) is 13.1 Å². The Kier molecular flexibility index (Phi) is 4.52. The maximum absolute atomic E-state index is 11.9. The van der Waals surface area contributed by atoms with Crippen LogP contribution in [0.5, 0.6) is 0 Å². The fourth-order valence-corrected chi connectivity index (χ4v) is 2.79. The Hall–Kier alpha value is -1.43. The molecule has 0 bridgehead atoms. The van der Waals surface area contributed by atoms with E-state index in [-0.39, 0.29) is 12.3 Å². The number of nitrogens with zero attached hydrogens (tertiary/aromatic N) is 1. The van der Waals surface area contributed by atoms with Crippen LogP contribution in [0.15, 0.2) is 48.8 Å². The van der Waals surface area contributed by atoms with Crippen molar-refractivity contribution < 1.29 is 8.42 Å². The number of sulfonamides is 1. The van der Waals surface area contributed by atoms with Crippen LogP contribution in [0.25, 0.3) is 0 Å². The van der Waals surface area contributed by atoms with Gasteiger partial charge in [0.25, 0.3) is 0 Å². The van der Waals surface area contributed by atoms with Crippen molar-refractivity contribution in [3.05, 3.63) is 64.9 Å². The highest BCUT2D eigenvalue weighted by atomic mass is 35.5. The van der Waals surface area contributed by atoms with E-state index in [4.69, 9.17) is 11.6 Å². The monoisotopic (exact) mass is 296 g/mol. The van der Waals surface area contributed by atoms with Gasteiger partial charge in [-0.05, 0) is 35.4 Å². The predicted octanol–water partition coefficient (Wildman–Crippen LogP) is 2.35. The van der Waals surface area contributed by atoms with Crippen molar-refractivity contribution in [2.24, 2.45) is 0 Å². The fourth-order valence-electron chi connectivity index (χ4n) is 1.55. The van der Waals surface area contributed by atoms with E-state index in [2.05, 4.69) is 9.71 Å². The predicted molar refractivity (Wildman–Crippen MR) is 75.2 cm³/mol. The highest BCUT2D eigenvalue weighted by Gasteiger charge is 2.11. The van der Waals surface area contributed by atoms with Crippen LogP contribution in [0.2, 0.25) is 5.02 Å². The van der Waals surface area contributed by atoms with Crippen molar-refractivity contribution in [2.75, 3.05) is 0 Å². The number of nitrogens with one attached hydrogen (secondary N) is 1. The molecule has 1 N–H and O–H groups in total. The smallest absolute Gasteiger partial charge is 0.216 e. The molecule has 19 heavy (non-hydrogen) atoms. The Morgan fingerprint density at radius 2 is 1.63 bits per heavy atom. The van der Waals surface area contributed by atoms with Gasteiger partial charge in [0.1, 0.15) is 0 Å². The van der Waals surface area contributed by atoms with Crippen LogP contribution in [-0.4, -0.2) is 13.4 Å². The molecule has 4 nitrogen and oxygen atoms in total. The molecule has 2 aromatic rings. The Morgan fingerprint density at radius 1 is 1.00 bits per heavy atom. The molecule has 0 amide bonds. The molecule has 1 aromatic carbocycles. The molecule has 0 saturated carbocycles. The number of aromatic nitrogens is 1. The van der Waals surface area contributed by atoms with Crippen molar-refractivity contribution in [1.29, 1.82) is 0 Å². The van der Waals surface area contributed by atoms with E-state index in [1.54, 1.807) is 48.8 Å². The summed E-state index contributed by atoms with van der Waals surface area (Å²) < 4.78 is 26.3. The first-order chi connectivity index (χ1) is 9.05. The lowest BCUT2D eigenvalue weighted by atomic mass is 10.2. The average Bonchev–Trinajstić information content (AvgIpc) is 2.40. The van der Waals surface area contributed by atoms with Crippen LogP contribution in [-0.2, 0) is 22.3 Å². The number of rotatable bonds is 5. The Labute approximate surface area is 117 Å². The summed E-state index contributed by atoms with van der Waals surface area (Å²) in [5, 5.41) is 0.589. The fraction of sp³-hybridized carbons (Fsp3) is 0.154. The van der Waals surface area contributed by atoms with E-state index in [9.17, 15) is 8.42 Å². The molecular weight excluding hydrogens is 284 g/mol. The Balaban J connectivity index is 1.97. The molecule has 1 aromatic heterocycles. The zero-order valence-corrected chi connectivity index (χ0v) is 11.7. The van der Waals surface area contributed by atoms with Crippen LogP contribution in [0, 0.1) is 0 Å². The molecule has 0 radical (unpaired) electrons. The molecule has 0 unspecified atom stereocenters. The van der Waals surface area contributed by atoms with E-state index in [0.29, 0.717) is 10.6 Å². The summed E-state index contributed by atoms with van der Waals surface area (Å²) in [6, 6.07) is 10.3. The first-order valence-electron chi connectivity index (χ1n) is 5.66. The molecule has 0 aliphatic heterocycles. The molecule has 0 atom stereocenters. The zero-order valence-electron chi connectivity index (χ0n) is 10.1. The van der Waals surface area contributed by atoms with Crippen LogP contribution in [0.4, 0.5) is 0 Å². The number of hydrogen-bond acceptors (Lipinski definition) is 3. The third kappa shape index (κ3) is 4.63. The second kappa shape index (κ2) is 6.14. The van der Waals surface area contributed by atoms with Gasteiger partial charge in [0.05, 0.1) is 5.75 Å². The number of halogens is 1. The third-order valence-corrected chi connectivity index (χ3v) is 4.07. The van der Waals surface area contributed by atoms with Gasteiger partial charge < -0.3 is 0 Å². The van der Waals surface area contributed by atoms with Gasteiger partial charge in [0.2, 0.25) is 10.0 Å². The Bertz CT molecular complexity index is 627. The zero-order chi connectivity index (χ0) is 13.7. The van der Waals surface area contributed by atoms with Crippen molar-refractivity contribution in [3.8, 4) is 0 Å². The first kappa shape index (κ1) is 14.0. The van der Waals surface area contributed by atoms with Gasteiger partial charge in [-0.2, -0.15) is 0 Å². The van der Waals surface area contributed by atoms with Crippen LogP contribution in [0.1, 0.15) is 11.1 Å². The molecular formula is C13H13ClN2O2S. The minimum absolute atomic E-state index is 0.0603. The molecule has 100 valence electrons. The molecule has 0 aliphatic carbocycles. The van der Waals surface area contributed by atoms with E-state index in [1.165, 1.54) is 0 Å². The summed E-state index contributed by atoms with van der Waals surface area (Å²) in [6.45, 7) is 0.262. The topological polar surface area (TPSA) is 59.1 Å². The summed E-state index contributed by atoms with van der Waals surface area (Å²) in [5.41, 5.74) is 1.57. The van der Waals surface area contributed by atoms with Crippen molar-refractivity contribution in [1.82, 2.24) is 9.71 Å². The highest BCUT2D eigenvalue weighted by Crippen LogP contribution is 2.11. The van der Waals surface area contributed by atoms with Gasteiger partial charge in [0.15, 0.2) is 0 Å². The van der Waals surface area contributed by atoms with Crippen LogP contribution < -0.4 is 4.72 Å². The number of hydrogen-bond donors (Lipinski definition) is 1. The lowest BCUT2D eigenvalue weighted by Gasteiger charge is -2.07. The summed E-state index contributed by atoms with van der Waals surface area (Å²) in [5.74, 6) is -0.0603. The molecule has 0 saturated heterocycles. The van der Waals surface area contributed by atoms with Gasteiger partial charge in [0, 0.05) is 24.0 Å². The molecule has 1 heterocycles. The van der Waals surface area contributed by atoms with Crippen LogP contribution >= 0.6 is 11.6 Å². The van der Waals surface area contributed by atoms with Crippen LogP contribution in [0.3, 0.4) is 0 Å². The van der Waals surface area contributed by atoms with E-state index in [1.807, 2.05) is 0 Å². The largest absolute Gasteiger partial charge is 0.265 e. The standard InChI is InChI=1S/C13H13ClN2O2S/c14-13-3-1-12(2-4-13)10-19(17,18)16-9-11-5-7-15-8-6-11/h1-8,16H,9-10H2. The average molecular weight is 297 g/mol. The molecule has 6 heteroatoms. The molecule has 0 aliphatic rings. The van der Waals surface area contributed by atoms with Gasteiger partial charge in [-0.15, -0.1) is 0 Å². The summed E-state index contributed by atoms with van der Waals surface area (Å²) in [4.78, 5) is 3.88. The van der Waals surface area contributed by atoms with Crippen molar-refractivity contribution >= 4 is 21.6 Å². The van der Waals surface area contributed by atoms with Gasteiger partial charge in [-0.3, -0.25) is 4.98 Å². The summed E-state index contributed by atoms with van der Waals surface area (Å²) in [6.07, 6.45) is 3.26. The maximum atomic E-state index is 11.9. The molecule has 2 rings (SSSR count). The lowest BCUT2D eigenvalue weighted by molar-refractivity contribution is 0.580.